The van der Waals surface area contributed by atoms with Crippen LogP contribution in [0.4, 0.5) is 10.5 Å². The maximum absolute atomic E-state index is 12.2. The van der Waals surface area contributed by atoms with Crippen molar-refractivity contribution >= 4 is 29.4 Å². The number of nitrogens with zero attached hydrogens (tertiary/aromatic N) is 1. The van der Waals surface area contributed by atoms with Crippen LogP contribution in [0.5, 0.6) is 0 Å². The van der Waals surface area contributed by atoms with Crippen molar-refractivity contribution in [2.45, 2.75) is 13.0 Å². The molecule has 2 N–H and O–H groups in total. The molecule has 3 amide bonds. The summed E-state index contributed by atoms with van der Waals surface area (Å²) >= 11 is 1.89. The van der Waals surface area contributed by atoms with Gasteiger partial charge >= 0.3 is 6.03 Å². The number of amides is 3. The number of urea groups is 1. The minimum atomic E-state index is -0.287. The lowest BCUT2D eigenvalue weighted by Crippen LogP contribution is -2.40. The van der Waals surface area contributed by atoms with Gasteiger partial charge in [-0.1, -0.05) is 12.1 Å². The average molecular weight is 359 g/mol. The van der Waals surface area contributed by atoms with Crippen molar-refractivity contribution in [3.8, 4) is 0 Å². The van der Waals surface area contributed by atoms with Gasteiger partial charge in [0.1, 0.15) is 0 Å². The van der Waals surface area contributed by atoms with E-state index < -0.39 is 0 Å². The molecule has 1 aliphatic rings. The van der Waals surface area contributed by atoms with E-state index in [1.807, 2.05) is 40.9 Å². The minimum absolute atomic E-state index is 0.0160. The van der Waals surface area contributed by atoms with Gasteiger partial charge < -0.3 is 20.0 Å². The molecule has 25 heavy (non-hydrogen) atoms. The summed E-state index contributed by atoms with van der Waals surface area (Å²) in [5.41, 5.74) is 1.66. The van der Waals surface area contributed by atoms with Crippen LogP contribution < -0.4 is 10.6 Å². The van der Waals surface area contributed by atoms with Crippen molar-refractivity contribution in [2.24, 2.45) is 0 Å². The SMILES string of the molecule is O=C(Nc1ccc(CNC(=O)N2CCCSCC2)cc1)c1ccco1. The molecule has 2 aromatic rings. The van der Waals surface area contributed by atoms with E-state index in [1.54, 1.807) is 12.1 Å². The molecule has 7 heteroatoms. The zero-order valence-corrected chi connectivity index (χ0v) is 14.7. The second-order valence-electron chi connectivity index (χ2n) is 5.74. The fourth-order valence-electron chi connectivity index (χ4n) is 2.55. The number of carbonyl (C=O) groups is 2. The monoisotopic (exact) mass is 359 g/mol. The lowest BCUT2D eigenvalue weighted by atomic mass is 10.2. The first-order valence-corrected chi connectivity index (χ1v) is 9.42. The Morgan fingerprint density at radius 3 is 2.72 bits per heavy atom. The highest BCUT2D eigenvalue weighted by Crippen LogP contribution is 2.13. The van der Waals surface area contributed by atoms with Gasteiger partial charge in [-0.2, -0.15) is 11.8 Å². The zero-order chi connectivity index (χ0) is 17.5. The third kappa shape index (κ3) is 5.03. The summed E-state index contributed by atoms with van der Waals surface area (Å²) in [6.45, 7) is 2.08. The standard InChI is InChI=1S/C18H21N3O3S/c22-17(16-3-1-10-24-16)20-15-6-4-14(5-7-15)13-19-18(23)21-8-2-11-25-12-9-21/h1,3-7,10H,2,8-9,11-13H2,(H,19,23)(H,20,22). The van der Waals surface area contributed by atoms with E-state index in [1.165, 1.54) is 6.26 Å². The van der Waals surface area contributed by atoms with Crippen LogP contribution in [0, 0.1) is 0 Å². The Labute approximate surface area is 151 Å². The van der Waals surface area contributed by atoms with Crippen LogP contribution in [-0.2, 0) is 6.54 Å². The lowest BCUT2D eigenvalue weighted by Gasteiger charge is -2.20. The van der Waals surface area contributed by atoms with Crippen molar-refractivity contribution in [1.82, 2.24) is 10.2 Å². The highest BCUT2D eigenvalue weighted by atomic mass is 32.2. The number of hydrogen-bond donors (Lipinski definition) is 2. The molecule has 6 nitrogen and oxygen atoms in total. The van der Waals surface area contributed by atoms with Gasteiger partial charge in [0.2, 0.25) is 0 Å². The van der Waals surface area contributed by atoms with Gasteiger partial charge in [0, 0.05) is 31.1 Å². The number of anilines is 1. The van der Waals surface area contributed by atoms with Crippen molar-refractivity contribution in [3.05, 3.63) is 54.0 Å². The number of furan rings is 1. The Morgan fingerprint density at radius 1 is 1.12 bits per heavy atom. The van der Waals surface area contributed by atoms with Crippen molar-refractivity contribution in [1.29, 1.82) is 0 Å². The molecule has 0 saturated carbocycles. The van der Waals surface area contributed by atoms with Crippen LogP contribution >= 0.6 is 11.8 Å². The van der Waals surface area contributed by atoms with Crippen LogP contribution in [0.1, 0.15) is 22.5 Å². The number of benzene rings is 1. The van der Waals surface area contributed by atoms with Crippen LogP contribution in [0.3, 0.4) is 0 Å². The maximum atomic E-state index is 12.2. The average Bonchev–Trinajstić information content (AvgIpc) is 3.03. The Hall–Kier alpha value is -2.41. The second-order valence-corrected chi connectivity index (χ2v) is 6.96. The highest BCUT2D eigenvalue weighted by Gasteiger charge is 2.15. The van der Waals surface area contributed by atoms with E-state index in [0.717, 1.165) is 36.6 Å². The van der Waals surface area contributed by atoms with Crippen LogP contribution in [-0.4, -0.2) is 41.4 Å². The van der Waals surface area contributed by atoms with Gasteiger partial charge in [-0.3, -0.25) is 4.79 Å². The molecule has 3 rings (SSSR count). The Balaban J connectivity index is 1.48. The fraction of sp³-hybridized carbons (Fsp3) is 0.333. The zero-order valence-electron chi connectivity index (χ0n) is 13.9. The summed E-state index contributed by atoms with van der Waals surface area (Å²) < 4.78 is 5.06. The van der Waals surface area contributed by atoms with Crippen molar-refractivity contribution in [3.63, 3.8) is 0 Å². The van der Waals surface area contributed by atoms with Gasteiger partial charge in [0.05, 0.1) is 6.26 Å². The first kappa shape index (κ1) is 17.4. The Morgan fingerprint density at radius 2 is 1.96 bits per heavy atom. The summed E-state index contributed by atoms with van der Waals surface area (Å²) in [6, 6.07) is 10.7. The van der Waals surface area contributed by atoms with Gasteiger partial charge in [-0.25, -0.2) is 4.79 Å². The Bertz CT molecular complexity index is 693. The number of rotatable bonds is 4. The van der Waals surface area contributed by atoms with E-state index in [4.69, 9.17) is 4.42 Å². The molecule has 0 radical (unpaired) electrons. The van der Waals surface area contributed by atoms with Crippen molar-refractivity contribution < 1.29 is 14.0 Å². The molecule has 2 heterocycles. The molecule has 1 fully saturated rings. The number of thioether (sulfide) groups is 1. The number of nitrogens with one attached hydrogen (secondary N) is 2. The predicted octanol–water partition coefficient (Wildman–Crippen LogP) is 3.18. The molecule has 0 aliphatic carbocycles. The third-order valence-electron chi connectivity index (χ3n) is 3.91. The molecule has 0 atom stereocenters. The summed E-state index contributed by atoms with van der Waals surface area (Å²) in [5, 5.41) is 5.72. The second kappa shape index (κ2) is 8.62. The summed E-state index contributed by atoms with van der Waals surface area (Å²) in [7, 11) is 0. The van der Waals surface area contributed by atoms with Crippen LogP contribution in [0.2, 0.25) is 0 Å². The normalized spacial score (nSPS) is 14.6. The fourth-order valence-corrected chi connectivity index (χ4v) is 3.43. The minimum Gasteiger partial charge on any atom is -0.459 e. The molecule has 1 aromatic heterocycles. The van der Waals surface area contributed by atoms with Crippen LogP contribution in [0.15, 0.2) is 47.1 Å². The number of hydrogen-bond acceptors (Lipinski definition) is 4. The van der Waals surface area contributed by atoms with E-state index in [0.29, 0.717) is 12.2 Å². The van der Waals surface area contributed by atoms with Gasteiger partial charge in [0.25, 0.3) is 5.91 Å². The van der Waals surface area contributed by atoms with E-state index in [-0.39, 0.29) is 17.7 Å². The molecular formula is C18H21N3O3S. The number of carbonyl (C=O) groups excluding carboxylic acids is 2. The molecule has 132 valence electrons. The molecule has 0 spiro atoms. The van der Waals surface area contributed by atoms with Gasteiger partial charge in [0.15, 0.2) is 5.76 Å². The van der Waals surface area contributed by atoms with E-state index in [9.17, 15) is 9.59 Å². The predicted molar refractivity (Wildman–Crippen MR) is 98.9 cm³/mol. The molecule has 1 aromatic carbocycles. The third-order valence-corrected chi connectivity index (χ3v) is 4.96. The van der Waals surface area contributed by atoms with Crippen molar-refractivity contribution in [2.75, 3.05) is 29.9 Å². The topological polar surface area (TPSA) is 74.6 Å². The molecular weight excluding hydrogens is 338 g/mol. The largest absolute Gasteiger partial charge is 0.459 e. The Kier molecular flexibility index (Phi) is 6.00. The summed E-state index contributed by atoms with van der Waals surface area (Å²) in [6.07, 6.45) is 2.51. The first-order valence-electron chi connectivity index (χ1n) is 8.27. The quantitative estimate of drug-likeness (QED) is 0.879. The molecule has 0 bridgehead atoms. The smallest absolute Gasteiger partial charge is 0.317 e. The summed E-state index contributed by atoms with van der Waals surface area (Å²) in [4.78, 5) is 26.0. The summed E-state index contributed by atoms with van der Waals surface area (Å²) in [5.74, 6) is 2.10. The highest BCUT2D eigenvalue weighted by molar-refractivity contribution is 7.99. The molecule has 0 unspecified atom stereocenters. The molecule has 1 aliphatic heterocycles. The first-order chi connectivity index (χ1) is 12.2. The molecule has 1 saturated heterocycles. The van der Waals surface area contributed by atoms with E-state index >= 15 is 0 Å². The van der Waals surface area contributed by atoms with Gasteiger partial charge in [-0.15, -0.1) is 0 Å². The maximum Gasteiger partial charge on any atom is 0.317 e. The van der Waals surface area contributed by atoms with E-state index in [2.05, 4.69) is 10.6 Å². The lowest BCUT2D eigenvalue weighted by molar-refractivity contribution is 0.0996. The van der Waals surface area contributed by atoms with Gasteiger partial charge in [-0.05, 0) is 42.0 Å². The van der Waals surface area contributed by atoms with Crippen LogP contribution in [0.25, 0.3) is 0 Å².